The SMILES string of the molecule is CCn1ccc2ccc(CN3CCC4(CC3)c3ccccc3[C@@H](N)[C@@H]4O)cc21. The zero-order valence-electron chi connectivity index (χ0n) is 16.5. The molecule has 4 nitrogen and oxygen atoms in total. The van der Waals surface area contributed by atoms with Gasteiger partial charge in [-0.3, -0.25) is 4.90 Å². The van der Waals surface area contributed by atoms with E-state index < -0.39 is 6.10 Å². The van der Waals surface area contributed by atoms with Gasteiger partial charge in [-0.25, -0.2) is 0 Å². The molecular formula is C24H29N3O. The van der Waals surface area contributed by atoms with Gasteiger partial charge in [0.25, 0.3) is 0 Å². The molecule has 2 heterocycles. The molecule has 3 aromatic rings. The average Bonchev–Trinajstić information content (AvgIpc) is 3.23. The monoisotopic (exact) mass is 375 g/mol. The number of nitrogens with zero attached hydrogens (tertiary/aromatic N) is 2. The summed E-state index contributed by atoms with van der Waals surface area (Å²) in [6.07, 6.45) is 3.62. The molecule has 1 spiro atoms. The zero-order valence-corrected chi connectivity index (χ0v) is 16.5. The Labute approximate surface area is 166 Å². The van der Waals surface area contributed by atoms with Gasteiger partial charge in [0, 0.05) is 30.2 Å². The van der Waals surface area contributed by atoms with Crippen molar-refractivity contribution in [3.63, 3.8) is 0 Å². The summed E-state index contributed by atoms with van der Waals surface area (Å²) in [5.74, 6) is 0. The van der Waals surface area contributed by atoms with E-state index in [0.717, 1.165) is 44.6 Å². The molecule has 0 unspecified atom stereocenters. The number of likely N-dealkylation sites (tertiary alicyclic amines) is 1. The fourth-order valence-electron chi connectivity index (χ4n) is 5.45. The highest BCUT2D eigenvalue weighted by Gasteiger charge is 2.51. The molecule has 1 aromatic heterocycles. The van der Waals surface area contributed by atoms with E-state index in [1.807, 2.05) is 6.07 Å². The summed E-state index contributed by atoms with van der Waals surface area (Å²) in [6, 6.07) is 17.1. The lowest BCUT2D eigenvalue weighted by Crippen LogP contribution is -2.48. The van der Waals surface area contributed by atoms with Crippen molar-refractivity contribution in [1.82, 2.24) is 9.47 Å². The van der Waals surface area contributed by atoms with Crippen molar-refractivity contribution in [3.05, 3.63) is 71.4 Å². The molecule has 4 heteroatoms. The van der Waals surface area contributed by atoms with E-state index in [4.69, 9.17) is 5.73 Å². The molecule has 1 saturated heterocycles. The lowest BCUT2D eigenvalue weighted by molar-refractivity contribution is 0.0271. The topological polar surface area (TPSA) is 54.4 Å². The molecule has 0 radical (unpaired) electrons. The van der Waals surface area contributed by atoms with E-state index >= 15 is 0 Å². The molecule has 3 N–H and O–H groups in total. The van der Waals surface area contributed by atoms with Crippen LogP contribution in [0, 0.1) is 0 Å². The quantitative estimate of drug-likeness (QED) is 0.736. The number of aliphatic hydroxyl groups is 1. The van der Waals surface area contributed by atoms with Crippen molar-refractivity contribution in [2.75, 3.05) is 13.1 Å². The summed E-state index contributed by atoms with van der Waals surface area (Å²) in [5.41, 5.74) is 11.3. The van der Waals surface area contributed by atoms with E-state index in [2.05, 4.69) is 65.1 Å². The van der Waals surface area contributed by atoms with Crippen LogP contribution < -0.4 is 5.73 Å². The van der Waals surface area contributed by atoms with Crippen LogP contribution in [-0.4, -0.2) is 33.8 Å². The van der Waals surface area contributed by atoms with Gasteiger partial charge in [0.2, 0.25) is 0 Å². The highest BCUT2D eigenvalue weighted by atomic mass is 16.3. The Bertz CT molecular complexity index is 1000. The molecule has 0 amide bonds. The molecule has 1 aliphatic carbocycles. The van der Waals surface area contributed by atoms with Gasteiger partial charge >= 0.3 is 0 Å². The fourth-order valence-corrected chi connectivity index (χ4v) is 5.45. The molecule has 2 atom stereocenters. The van der Waals surface area contributed by atoms with Crippen LogP contribution in [0.2, 0.25) is 0 Å². The van der Waals surface area contributed by atoms with Gasteiger partial charge in [0.05, 0.1) is 12.1 Å². The Balaban J connectivity index is 1.34. The lowest BCUT2D eigenvalue weighted by atomic mass is 9.72. The van der Waals surface area contributed by atoms with Gasteiger partial charge in [0.1, 0.15) is 0 Å². The third-order valence-electron chi connectivity index (χ3n) is 7.10. The Morgan fingerprint density at radius 1 is 1.11 bits per heavy atom. The van der Waals surface area contributed by atoms with Crippen molar-refractivity contribution < 1.29 is 5.11 Å². The molecule has 5 rings (SSSR count). The molecule has 2 aliphatic rings. The maximum Gasteiger partial charge on any atom is 0.0830 e. The minimum Gasteiger partial charge on any atom is -0.390 e. The first kappa shape index (κ1) is 17.9. The summed E-state index contributed by atoms with van der Waals surface area (Å²) in [7, 11) is 0. The van der Waals surface area contributed by atoms with Gasteiger partial charge in [0.15, 0.2) is 0 Å². The Hall–Kier alpha value is -2.14. The van der Waals surface area contributed by atoms with Crippen LogP contribution in [0.5, 0.6) is 0 Å². The molecule has 1 aliphatic heterocycles. The van der Waals surface area contributed by atoms with Crippen LogP contribution >= 0.6 is 0 Å². The third kappa shape index (κ3) is 2.63. The van der Waals surface area contributed by atoms with Gasteiger partial charge in [-0.05, 0) is 67.1 Å². The van der Waals surface area contributed by atoms with E-state index in [-0.39, 0.29) is 11.5 Å². The summed E-state index contributed by atoms with van der Waals surface area (Å²) in [4.78, 5) is 2.52. The first-order chi connectivity index (χ1) is 13.6. The molecular weight excluding hydrogens is 346 g/mol. The van der Waals surface area contributed by atoms with Gasteiger partial charge < -0.3 is 15.4 Å². The number of hydrogen-bond acceptors (Lipinski definition) is 3. The second kappa shape index (κ2) is 6.73. The van der Waals surface area contributed by atoms with Gasteiger partial charge in [-0.2, -0.15) is 0 Å². The standard InChI is InChI=1S/C24H29N3O/c1-2-27-12-9-18-8-7-17(15-21(18)27)16-26-13-10-24(11-14-26)20-6-4-3-5-19(20)22(25)23(24)28/h3-9,12,15,22-23,28H,2,10-11,13-14,16,25H2,1H3/t22-,23+/m1/s1. The predicted molar refractivity (Wildman–Crippen MR) is 113 cm³/mol. The van der Waals surface area contributed by atoms with Crippen LogP contribution in [0.1, 0.15) is 42.5 Å². The third-order valence-corrected chi connectivity index (χ3v) is 7.10. The van der Waals surface area contributed by atoms with Crippen molar-refractivity contribution in [3.8, 4) is 0 Å². The number of benzene rings is 2. The predicted octanol–water partition coefficient (Wildman–Crippen LogP) is 3.57. The number of aromatic nitrogens is 1. The van der Waals surface area contributed by atoms with Crippen molar-refractivity contribution in [1.29, 1.82) is 0 Å². The number of nitrogens with two attached hydrogens (primary N) is 1. The highest BCUT2D eigenvalue weighted by molar-refractivity contribution is 5.80. The van der Waals surface area contributed by atoms with Crippen LogP contribution in [0.4, 0.5) is 0 Å². The number of hydrogen-bond donors (Lipinski definition) is 2. The number of aliphatic hydroxyl groups excluding tert-OH is 1. The first-order valence-electron chi connectivity index (χ1n) is 10.5. The maximum atomic E-state index is 11.0. The van der Waals surface area contributed by atoms with Crippen LogP contribution in [0.15, 0.2) is 54.7 Å². The molecule has 28 heavy (non-hydrogen) atoms. The average molecular weight is 376 g/mol. The maximum absolute atomic E-state index is 11.0. The highest BCUT2D eigenvalue weighted by Crippen LogP contribution is 2.50. The Morgan fingerprint density at radius 3 is 2.68 bits per heavy atom. The molecule has 0 saturated carbocycles. The number of rotatable bonds is 3. The molecule has 146 valence electrons. The summed E-state index contributed by atoms with van der Waals surface area (Å²) >= 11 is 0. The van der Waals surface area contributed by atoms with E-state index in [1.54, 1.807) is 0 Å². The summed E-state index contributed by atoms with van der Waals surface area (Å²) in [6.45, 7) is 6.13. The van der Waals surface area contributed by atoms with Gasteiger partial charge in [-0.15, -0.1) is 0 Å². The van der Waals surface area contributed by atoms with E-state index in [0.29, 0.717) is 0 Å². The normalized spacial score (nSPS) is 24.1. The van der Waals surface area contributed by atoms with Crippen molar-refractivity contribution in [2.24, 2.45) is 5.73 Å². The number of aryl methyl sites for hydroxylation is 1. The van der Waals surface area contributed by atoms with E-state index in [9.17, 15) is 5.11 Å². The number of piperidine rings is 1. The smallest absolute Gasteiger partial charge is 0.0830 e. The van der Waals surface area contributed by atoms with Crippen LogP contribution in [0.3, 0.4) is 0 Å². The largest absolute Gasteiger partial charge is 0.390 e. The first-order valence-corrected chi connectivity index (χ1v) is 10.5. The second-order valence-electron chi connectivity index (χ2n) is 8.49. The van der Waals surface area contributed by atoms with Gasteiger partial charge in [-0.1, -0.05) is 36.4 Å². The molecule has 2 aromatic carbocycles. The molecule has 1 fully saturated rings. The Kier molecular flexibility index (Phi) is 4.31. The second-order valence-corrected chi connectivity index (χ2v) is 8.49. The van der Waals surface area contributed by atoms with E-state index in [1.165, 1.54) is 22.0 Å². The lowest BCUT2D eigenvalue weighted by Gasteiger charge is -2.42. The van der Waals surface area contributed by atoms with Crippen LogP contribution in [-0.2, 0) is 18.5 Å². The molecule has 0 bridgehead atoms. The zero-order chi connectivity index (χ0) is 19.3. The van der Waals surface area contributed by atoms with Crippen LogP contribution in [0.25, 0.3) is 10.9 Å². The van der Waals surface area contributed by atoms with Crippen molar-refractivity contribution >= 4 is 10.9 Å². The number of fused-ring (bicyclic) bond motifs is 3. The van der Waals surface area contributed by atoms with Crippen molar-refractivity contribution in [2.45, 2.75) is 50.4 Å². The summed E-state index contributed by atoms with van der Waals surface area (Å²) in [5, 5.41) is 12.3. The summed E-state index contributed by atoms with van der Waals surface area (Å²) < 4.78 is 2.30. The Morgan fingerprint density at radius 2 is 1.89 bits per heavy atom. The fraction of sp³-hybridized carbons (Fsp3) is 0.417. The minimum atomic E-state index is -0.476. The minimum absolute atomic E-state index is 0.173.